The molecule has 4 heteroatoms. The van der Waals surface area contributed by atoms with Crippen LogP contribution < -0.4 is 10.6 Å². The molecule has 0 atom stereocenters. The van der Waals surface area contributed by atoms with E-state index in [4.69, 9.17) is 9.97 Å². The van der Waals surface area contributed by atoms with Crippen LogP contribution in [0.3, 0.4) is 0 Å². The molecule has 0 unspecified atom stereocenters. The summed E-state index contributed by atoms with van der Waals surface area (Å²) in [5.41, 5.74) is 2.54. The lowest BCUT2D eigenvalue weighted by atomic mass is 10.1. The summed E-state index contributed by atoms with van der Waals surface area (Å²) in [4.78, 5) is 9.55. The molecule has 1 fully saturated rings. The Morgan fingerprint density at radius 3 is 2.89 bits per heavy atom. The van der Waals surface area contributed by atoms with E-state index in [1.165, 1.54) is 24.1 Å². The summed E-state index contributed by atoms with van der Waals surface area (Å²) < 4.78 is 0. The monoisotopic (exact) mass is 258 g/mol. The molecule has 0 bridgehead atoms. The van der Waals surface area contributed by atoms with E-state index in [2.05, 4.69) is 17.2 Å². The Morgan fingerprint density at radius 1 is 1.26 bits per heavy atom. The van der Waals surface area contributed by atoms with Crippen molar-refractivity contribution in [3.05, 3.63) is 29.7 Å². The SMILES string of the molecule is C=CCNc1nc(CC2CC2)nc2c1CCNCC2. The van der Waals surface area contributed by atoms with Crippen molar-refractivity contribution in [1.29, 1.82) is 0 Å². The molecule has 0 aromatic carbocycles. The number of nitrogens with one attached hydrogen (secondary N) is 2. The van der Waals surface area contributed by atoms with Gasteiger partial charge in [0.2, 0.25) is 0 Å². The second kappa shape index (κ2) is 5.70. The van der Waals surface area contributed by atoms with Gasteiger partial charge in [0.15, 0.2) is 0 Å². The number of aromatic nitrogens is 2. The maximum atomic E-state index is 4.81. The third-order valence-electron chi connectivity index (χ3n) is 3.81. The first-order valence-corrected chi connectivity index (χ1v) is 7.31. The second-order valence-electron chi connectivity index (χ2n) is 5.48. The van der Waals surface area contributed by atoms with Crippen LogP contribution in [0.15, 0.2) is 12.7 Å². The lowest BCUT2D eigenvalue weighted by Crippen LogP contribution is -2.16. The van der Waals surface area contributed by atoms with Gasteiger partial charge >= 0.3 is 0 Å². The zero-order chi connectivity index (χ0) is 13.1. The predicted octanol–water partition coefficient (Wildman–Crippen LogP) is 1.72. The fraction of sp³-hybridized carbons (Fsp3) is 0.600. The van der Waals surface area contributed by atoms with Crippen molar-refractivity contribution < 1.29 is 0 Å². The van der Waals surface area contributed by atoms with Crippen molar-refractivity contribution in [2.45, 2.75) is 32.1 Å². The van der Waals surface area contributed by atoms with E-state index in [1.54, 1.807) is 0 Å². The van der Waals surface area contributed by atoms with Gasteiger partial charge in [-0.3, -0.25) is 0 Å². The van der Waals surface area contributed by atoms with Crippen LogP contribution in [0, 0.1) is 5.92 Å². The van der Waals surface area contributed by atoms with Crippen LogP contribution >= 0.6 is 0 Å². The summed E-state index contributed by atoms with van der Waals surface area (Å²) in [6.07, 6.45) is 7.64. The van der Waals surface area contributed by atoms with E-state index in [9.17, 15) is 0 Å². The topological polar surface area (TPSA) is 49.8 Å². The Balaban J connectivity index is 1.90. The summed E-state index contributed by atoms with van der Waals surface area (Å²) in [7, 11) is 0. The number of rotatable bonds is 5. The van der Waals surface area contributed by atoms with Crippen molar-refractivity contribution >= 4 is 5.82 Å². The van der Waals surface area contributed by atoms with E-state index in [0.29, 0.717) is 0 Å². The smallest absolute Gasteiger partial charge is 0.133 e. The molecule has 1 aliphatic carbocycles. The van der Waals surface area contributed by atoms with Gasteiger partial charge in [-0.25, -0.2) is 9.97 Å². The van der Waals surface area contributed by atoms with Crippen LogP contribution in [0.25, 0.3) is 0 Å². The summed E-state index contributed by atoms with van der Waals surface area (Å²) in [6, 6.07) is 0. The van der Waals surface area contributed by atoms with Crippen LogP contribution in [-0.4, -0.2) is 29.6 Å². The Morgan fingerprint density at radius 2 is 2.11 bits per heavy atom. The van der Waals surface area contributed by atoms with Gasteiger partial charge < -0.3 is 10.6 Å². The number of hydrogen-bond donors (Lipinski definition) is 2. The molecule has 0 saturated heterocycles. The van der Waals surface area contributed by atoms with Gasteiger partial charge in [0, 0.05) is 31.5 Å². The molecule has 1 aromatic rings. The molecule has 1 aromatic heterocycles. The third-order valence-corrected chi connectivity index (χ3v) is 3.81. The molecule has 4 nitrogen and oxygen atoms in total. The number of hydrogen-bond acceptors (Lipinski definition) is 4. The predicted molar refractivity (Wildman–Crippen MR) is 77.4 cm³/mol. The van der Waals surface area contributed by atoms with Gasteiger partial charge in [-0.05, 0) is 31.7 Å². The van der Waals surface area contributed by atoms with Crippen molar-refractivity contribution in [2.24, 2.45) is 5.92 Å². The molecule has 1 aliphatic heterocycles. The van der Waals surface area contributed by atoms with Gasteiger partial charge in [0.05, 0.1) is 5.69 Å². The standard InChI is InChI=1S/C15H22N4/c1-2-7-17-15-12-5-8-16-9-6-13(12)18-14(19-15)10-11-3-4-11/h2,11,16H,1,3-10H2,(H,17,18,19). The quantitative estimate of drug-likeness (QED) is 0.790. The molecule has 1 saturated carbocycles. The van der Waals surface area contributed by atoms with Crippen molar-refractivity contribution in [1.82, 2.24) is 15.3 Å². The first-order chi connectivity index (χ1) is 9.36. The zero-order valence-electron chi connectivity index (χ0n) is 11.4. The Bertz CT molecular complexity index is 465. The zero-order valence-corrected chi connectivity index (χ0v) is 11.4. The van der Waals surface area contributed by atoms with E-state index in [-0.39, 0.29) is 0 Å². The lowest BCUT2D eigenvalue weighted by Gasteiger charge is -2.13. The highest BCUT2D eigenvalue weighted by molar-refractivity contribution is 5.48. The summed E-state index contributed by atoms with van der Waals surface area (Å²) in [5.74, 6) is 2.88. The Kier molecular flexibility index (Phi) is 3.78. The van der Waals surface area contributed by atoms with Crippen LogP contribution in [-0.2, 0) is 19.3 Å². The Labute approximate surface area is 114 Å². The van der Waals surface area contributed by atoms with E-state index in [0.717, 1.165) is 56.5 Å². The van der Waals surface area contributed by atoms with Crippen molar-refractivity contribution in [3.63, 3.8) is 0 Å². The molecule has 2 aliphatic rings. The molecule has 2 N–H and O–H groups in total. The lowest BCUT2D eigenvalue weighted by molar-refractivity contribution is 0.706. The molecular formula is C15H22N4. The molecule has 2 heterocycles. The molecular weight excluding hydrogens is 236 g/mol. The fourth-order valence-electron chi connectivity index (χ4n) is 2.58. The highest BCUT2D eigenvalue weighted by Gasteiger charge is 2.24. The molecule has 0 radical (unpaired) electrons. The fourth-order valence-corrected chi connectivity index (χ4v) is 2.58. The summed E-state index contributed by atoms with van der Waals surface area (Å²) >= 11 is 0. The molecule has 3 rings (SSSR count). The third kappa shape index (κ3) is 3.13. The number of anilines is 1. The second-order valence-corrected chi connectivity index (χ2v) is 5.48. The van der Waals surface area contributed by atoms with E-state index < -0.39 is 0 Å². The van der Waals surface area contributed by atoms with Crippen LogP contribution in [0.5, 0.6) is 0 Å². The molecule has 0 amide bonds. The van der Waals surface area contributed by atoms with Gasteiger partial charge in [-0.2, -0.15) is 0 Å². The maximum absolute atomic E-state index is 4.81. The van der Waals surface area contributed by atoms with E-state index >= 15 is 0 Å². The van der Waals surface area contributed by atoms with Gasteiger partial charge in [-0.15, -0.1) is 6.58 Å². The minimum Gasteiger partial charge on any atom is -0.366 e. The van der Waals surface area contributed by atoms with Crippen LogP contribution in [0.1, 0.15) is 29.9 Å². The minimum atomic E-state index is 0.764. The largest absolute Gasteiger partial charge is 0.366 e. The minimum absolute atomic E-state index is 0.764. The number of nitrogens with zero attached hydrogens (tertiary/aromatic N) is 2. The van der Waals surface area contributed by atoms with Gasteiger partial charge in [-0.1, -0.05) is 6.08 Å². The van der Waals surface area contributed by atoms with Crippen LogP contribution in [0.2, 0.25) is 0 Å². The van der Waals surface area contributed by atoms with Gasteiger partial charge in [0.25, 0.3) is 0 Å². The normalized spacial score (nSPS) is 18.5. The number of fused-ring (bicyclic) bond motifs is 1. The average Bonchev–Trinajstić information content (AvgIpc) is 3.22. The van der Waals surface area contributed by atoms with Crippen molar-refractivity contribution in [2.75, 3.05) is 25.0 Å². The highest BCUT2D eigenvalue weighted by atomic mass is 15.0. The highest BCUT2D eigenvalue weighted by Crippen LogP contribution is 2.32. The first-order valence-electron chi connectivity index (χ1n) is 7.31. The first kappa shape index (κ1) is 12.6. The van der Waals surface area contributed by atoms with Crippen LogP contribution in [0.4, 0.5) is 5.82 Å². The molecule has 19 heavy (non-hydrogen) atoms. The van der Waals surface area contributed by atoms with Gasteiger partial charge in [0.1, 0.15) is 11.6 Å². The Hall–Kier alpha value is -1.42. The molecule has 0 spiro atoms. The summed E-state index contributed by atoms with van der Waals surface area (Å²) in [6.45, 7) is 6.57. The summed E-state index contributed by atoms with van der Waals surface area (Å²) in [5, 5.41) is 6.82. The van der Waals surface area contributed by atoms with E-state index in [1.807, 2.05) is 6.08 Å². The maximum Gasteiger partial charge on any atom is 0.133 e. The van der Waals surface area contributed by atoms with Crippen molar-refractivity contribution in [3.8, 4) is 0 Å². The molecule has 102 valence electrons. The average molecular weight is 258 g/mol.